The molecule has 0 amide bonds. The van der Waals surface area contributed by atoms with Crippen LogP contribution in [0.4, 0.5) is 0 Å². The van der Waals surface area contributed by atoms with Gasteiger partial charge in [0.2, 0.25) is 0 Å². The molecule has 3 nitrogen and oxygen atoms in total. The van der Waals surface area contributed by atoms with E-state index in [9.17, 15) is 0 Å². The molecular formula is C9H10ClN3S. The smallest absolute Gasteiger partial charge is 0.148 e. The van der Waals surface area contributed by atoms with E-state index in [0.29, 0.717) is 4.34 Å². The van der Waals surface area contributed by atoms with Crippen LogP contribution in [0.15, 0.2) is 6.20 Å². The minimum absolute atomic E-state index is 0.298. The molecule has 74 valence electrons. The van der Waals surface area contributed by atoms with Crippen molar-refractivity contribution in [1.82, 2.24) is 10.3 Å². The van der Waals surface area contributed by atoms with Gasteiger partial charge in [-0.3, -0.25) is 5.32 Å². The lowest BCUT2D eigenvalue weighted by Crippen LogP contribution is -2.22. The highest BCUT2D eigenvalue weighted by molar-refractivity contribution is 7.15. The van der Waals surface area contributed by atoms with Crippen LogP contribution in [0, 0.1) is 17.2 Å². The average Bonchev–Trinajstić information content (AvgIpc) is 2.90. The van der Waals surface area contributed by atoms with Crippen LogP contribution in [0.2, 0.25) is 4.34 Å². The summed E-state index contributed by atoms with van der Waals surface area (Å²) >= 11 is 7.12. The number of nitrogens with one attached hydrogen (secondary N) is 1. The topological polar surface area (TPSA) is 48.7 Å². The monoisotopic (exact) mass is 227 g/mol. The maximum absolute atomic E-state index is 8.93. The van der Waals surface area contributed by atoms with E-state index in [1.807, 2.05) is 0 Å². The zero-order chi connectivity index (χ0) is 9.97. The first-order valence-corrected chi connectivity index (χ1v) is 5.73. The summed E-state index contributed by atoms with van der Waals surface area (Å²) in [5.74, 6) is 0.765. The normalized spacial score (nSPS) is 17.7. The van der Waals surface area contributed by atoms with Gasteiger partial charge in [-0.25, -0.2) is 4.98 Å². The van der Waals surface area contributed by atoms with Gasteiger partial charge in [-0.2, -0.15) is 5.26 Å². The summed E-state index contributed by atoms with van der Waals surface area (Å²) in [4.78, 5) is 4.09. The SMILES string of the molecule is N#CC(NCC1CC1)c1ncc(Cl)s1. The lowest BCUT2D eigenvalue weighted by atomic mass is 10.3. The van der Waals surface area contributed by atoms with E-state index in [4.69, 9.17) is 16.9 Å². The summed E-state index contributed by atoms with van der Waals surface area (Å²) < 4.78 is 0.633. The fourth-order valence-electron chi connectivity index (χ4n) is 1.20. The Hall–Kier alpha value is -0.630. The number of hydrogen-bond donors (Lipinski definition) is 1. The van der Waals surface area contributed by atoms with Crippen molar-refractivity contribution < 1.29 is 0 Å². The highest BCUT2D eigenvalue weighted by Crippen LogP contribution is 2.29. The van der Waals surface area contributed by atoms with Gasteiger partial charge in [-0.15, -0.1) is 11.3 Å². The lowest BCUT2D eigenvalue weighted by molar-refractivity contribution is 0.591. The van der Waals surface area contributed by atoms with Crippen molar-refractivity contribution >= 4 is 22.9 Å². The Labute approximate surface area is 91.7 Å². The minimum Gasteiger partial charge on any atom is -0.296 e. The van der Waals surface area contributed by atoms with Gasteiger partial charge < -0.3 is 0 Å². The Bertz CT molecular complexity index is 353. The van der Waals surface area contributed by atoms with Gasteiger partial charge in [0.15, 0.2) is 0 Å². The van der Waals surface area contributed by atoms with Crippen molar-refractivity contribution in [2.45, 2.75) is 18.9 Å². The summed E-state index contributed by atoms with van der Waals surface area (Å²) in [6.45, 7) is 0.912. The zero-order valence-electron chi connectivity index (χ0n) is 7.53. The molecule has 5 heteroatoms. The maximum atomic E-state index is 8.93. The van der Waals surface area contributed by atoms with E-state index < -0.39 is 0 Å². The quantitative estimate of drug-likeness (QED) is 0.859. The fourth-order valence-corrected chi connectivity index (χ4v) is 2.15. The molecule has 1 atom stereocenters. The van der Waals surface area contributed by atoms with Crippen molar-refractivity contribution in [1.29, 1.82) is 5.26 Å². The van der Waals surface area contributed by atoms with Gasteiger partial charge in [0.05, 0.1) is 12.3 Å². The van der Waals surface area contributed by atoms with Crippen LogP contribution in [-0.2, 0) is 0 Å². The van der Waals surface area contributed by atoms with Gasteiger partial charge in [0.25, 0.3) is 0 Å². The molecule has 0 bridgehead atoms. The summed E-state index contributed by atoms with van der Waals surface area (Å²) in [6, 6.07) is 1.89. The third kappa shape index (κ3) is 2.44. The second-order valence-electron chi connectivity index (χ2n) is 3.42. The largest absolute Gasteiger partial charge is 0.296 e. The van der Waals surface area contributed by atoms with E-state index in [0.717, 1.165) is 17.5 Å². The van der Waals surface area contributed by atoms with Crippen LogP contribution >= 0.6 is 22.9 Å². The summed E-state index contributed by atoms with van der Waals surface area (Å²) in [5.41, 5.74) is 0. The van der Waals surface area contributed by atoms with Crippen LogP contribution < -0.4 is 5.32 Å². The van der Waals surface area contributed by atoms with Crippen molar-refractivity contribution in [2.24, 2.45) is 5.92 Å². The van der Waals surface area contributed by atoms with Crippen LogP contribution in [0.1, 0.15) is 23.9 Å². The van der Waals surface area contributed by atoms with Crippen LogP contribution in [0.25, 0.3) is 0 Å². The Balaban J connectivity index is 1.94. The lowest BCUT2D eigenvalue weighted by Gasteiger charge is -2.06. The highest BCUT2D eigenvalue weighted by atomic mass is 35.5. The second-order valence-corrected chi connectivity index (χ2v) is 5.11. The van der Waals surface area contributed by atoms with E-state index in [2.05, 4.69) is 16.4 Å². The Morgan fingerprint density at radius 3 is 3.07 bits per heavy atom. The first kappa shape index (κ1) is 9.91. The number of hydrogen-bond acceptors (Lipinski definition) is 4. The molecule has 1 aliphatic carbocycles. The molecular weight excluding hydrogens is 218 g/mol. The van der Waals surface area contributed by atoms with E-state index in [-0.39, 0.29) is 6.04 Å². The van der Waals surface area contributed by atoms with Gasteiger partial charge >= 0.3 is 0 Å². The van der Waals surface area contributed by atoms with Crippen molar-refractivity contribution in [3.05, 3.63) is 15.5 Å². The molecule has 1 unspecified atom stereocenters. The van der Waals surface area contributed by atoms with Crippen LogP contribution in [-0.4, -0.2) is 11.5 Å². The van der Waals surface area contributed by atoms with Crippen LogP contribution in [0.5, 0.6) is 0 Å². The van der Waals surface area contributed by atoms with Gasteiger partial charge in [-0.05, 0) is 25.3 Å². The van der Waals surface area contributed by atoms with Crippen molar-refractivity contribution in [3.63, 3.8) is 0 Å². The van der Waals surface area contributed by atoms with Gasteiger partial charge in [-0.1, -0.05) is 11.6 Å². The molecule has 0 spiro atoms. The summed E-state index contributed by atoms with van der Waals surface area (Å²) in [7, 11) is 0. The molecule has 1 saturated carbocycles. The van der Waals surface area contributed by atoms with Crippen molar-refractivity contribution in [3.8, 4) is 6.07 Å². The molecule has 1 heterocycles. The molecule has 1 aliphatic rings. The Kier molecular flexibility index (Phi) is 3.02. The molecule has 0 aliphatic heterocycles. The predicted octanol–water partition coefficient (Wildman–Crippen LogP) is 2.36. The Morgan fingerprint density at radius 2 is 2.57 bits per heavy atom. The standard InChI is InChI=1S/C9H10ClN3S/c10-8-5-13-9(14-8)7(3-11)12-4-6-1-2-6/h5-7,12H,1-2,4H2. The molecule has 2 rings (SSSR count). The number of nitrogens with zero attached hydrogens (tertiary/aromatic N) is 2. The zero-order valence-corrected chi connectivity index (χ0v) is 9.11. The number of rotatable bonds is 4. The number of nitriles is 1. The van der Waals surface area contributed by atoms with E-state index >= 15 is 0 Å². The molecule has 0 radical (unpaired) electrons. The first-order valence-electron chi connectivity index (χ1n) is 4.54. The highest BCUT2D eigenvalue weighted by Gasteiger charge is 2.23. The third-order valence-electron chi connectivity index (χ3n) is 2.18. The molecule has 0 aromatic carbocycles. The average molecular weight is 228 g/mol. The second kappa shape index (κ2) is 4.26. The van der Waals surface area contributed by atoms with E-state index in [1.165, 1.54) is 24.2 Å². The van der Waals surface area contributed by atoms with Gasteiger partial charge in [0.1, 0.15) is 15.4 Å². The molecule has 1 aromatic rings. The predicted molar refractivity (Wildman–Crippen MR) is 56.2 cm³/mol. The molecule has 1 N–H and O–H groups in total. The summed E-state index contributed by atoms with van der Waals surface area (Å²) in [6.07, 6.45) is 4.15. The summed E-state index contributed by atoms with van der Waals surface area (Å²) in [5, 5.41) is 12.9. The number of aromatic nitrogens is 1. The molecule has 14 heavy (non-hydrogen) atoms. The fraction of sp³-hybridized carbons (Fsp3) is 0.556. The van der Waals surface area contributed by atoms with Gasteiger partial charge in [0, 0.05) is 0 Å². The number of halogens is 1. The third-order valence-corrected chi connectivity index (χ3v) is 3.36. The van der Waals surface area contributed by atoms with Crippen molar-refractivity contribution in [2.75, 3.05) is 6.54 Å². The molecule has 0 saturated heterocycles. The maximum Gasteiger partial charge on any atom is 0.148 e. The first-order chi connectivity index (χ1) is 6.79. The molecule has 1 aromatic heterocycles. The minimum atomic E-state index is -0.298. The molecule has 1 fully saturated rings. The van der Waals surface area contributed by atoms with Crippen LogP contribution in [0.3, 0.4) is 0 Å². The Morgan fingerprint density at radius 1 is 1.79 bits per heavy atom. The number of thiazole rings is 1. The van der Waals surface area contributed by atoms with E-state index in [1.54, 1.807) is 6.20 Å².